The molecule has 1 atom stereocenters. The highest BCUT2D eigenvalue weighted by atomic mass is 35.5. The standard InChI is InChI=1S/C11H19ClN4O/c1-5-16-11(17)10(12)9(7-14-16)13-6-8(2)15(3)4/h7-8,13H,5-6H2,1-4H3. The van der Waals surface area contributed by atoms with Crippen LogP contribution < -0.4 is 10.9 Å². The van der Waals surface area contributed by atoms with E-state index in [9.17, 15) is 4.79 Å². The Balaban J connectivity index is 2.80. The molecule has 1 aromatic heterocycles. The van der Waals surface area contributed by atoms with Crippen LogP contribution in [-0.2, 0) is 6.54 Å². The van der Waals surface area contributed by atoms with Gasteiger partial charge in [0.05, 0.1) is 11.9 Å². The van der Waals surface area contributed by atoms with Gasteiger partial charge in [-0.3, -0.25) is 4.79 Å². The van der Waals surface area contributed by atoms with Gasteiger partial charge in [0, 0.05) is 19.1 Å². The van der Waals surface area contributed by atoms with Gasteiger partial charge in [-0.2, -0.15) is 5.10 Å². The molecule has 6 heteroatoms. The molecule has 5 nitrogen and oxygen atoms in total. The fourth-order valence-electron chi connectivity index (χ4n) is 1.25. The van der Waals surface area contributed by atoms with Crippen molar-refractivity contribution in [1.82, 2.24) is 14.7 Å². The lowest BCUT2D eigenvalue weighted by molar-refractivity contribution is 0.326. The van der Waals surface area contributed by atoms with Crippen LogP contribution in [0, 0.1) is 0 Å². The van der Waals surface area contributed by atoms with Gasteiger partial charge >= 0.3 is 0 Å². The third kappa shape index (κ3) is 3.44. The zero-order valence-electron chi connectivity index (χ0n) is 10.7. The maximum Gasteiger partial charge on any atom is 0.287 e. The van der Waals surface area contributed by atoms with Crippen molar-refractivity contribution in [2.75, 3.05) is 26.0 Å². The van der Waals surface area contributed by atoms with Gasteiger partial charge in [0.25, 0.3) is 5.56 Å². The van der Waals surface area contributed by atoms with E-state index in [1.165, 1.54) is 4.68 Å². The summed E-state index contributed by atoms with van der Waals surface area (Å²) in [5.41, 5.74) is 0.340. The second-order valence-electron chi connectivity index (χ2n) is 4.19. The topological polar surface area (TPSA) is 50.2 Å². The summed E-state index contributed by atoms with van der Waals surface area (Å²) in [6.07, 6.45) is 1.59. The van der Waals surface area contributed by atoms with Gasteiger partial charge < -0.3 is 10.2 Å². The van der Waals surface area contributed by atoms with Crippen molar-refractivity contribution < 1.29 is 0 Å². The first-order valence-corrected chi connectivity index (χ1v) is 6.01. The zero-order valence-corrected chi connectivity index (χ0v) is 11.5. The number of rotatable bonds is 5. The lowest BCUT2D eigenvalue weighted by Gasteiger charge is -2.20. The summed E-state index contributed by atoms with van der Waals surface area (Å²) in [5, 5.41) is 7.36. The Bertz CT molecular complexity index is 430. The molecule has 17 heavy (non-hydrogen) atoms. The van der Waals surface area contributed by atoms with Gasteiger partial charge in [-0.1, -0.05) is 11.6 Å². The number of halogens is 1. The zero-order chi connectivity index (χ0) is 13.0. The minimum absolute atomic E-state index is 0.202. The van der Waals surface area contributed by atoms with Crippen LogP contribution in [-0.4, -0.2) is 41.4 Å². The molecule has 1 heterocycles. The first-order valence-electron chi connectivity index (χ1n) is 5.63. The first kappa shape index (κ1) is 14.0. The van der Waals surface area contributed by atoms with Crippen LogP contribution in [0.5, 0.6) is 0 Å². The number of hydrogen-bond donors (Lipinski definition) is 1. The number of nitrogens with one attached hydrogen (secondary N) is 1. The fourth-order valence-corrected chi connectivity index (χ4v) is 1.47. The third-order valence-corrected chi connectivity index (χ3v) is 3.12. The Morgan fingerprint density at radius 1 is 1.59 bits per heavy atom. The molecule has 0 fully saturated rings. The molecule has 0 bridgehead atoms. The number of likely N-dealkylation sites (N-methyl/N-ethyl adjacent to an activating group) is 1. The van der Waals surface area contributed by atoms with E-state index >= 15 is 0 Å². The van der Waals surface area contributed by atoms with E-state index in [2.05, 4.69) is 22.2 Å². The summed E-state index contributed by atoms with van der Waals surface area (Å²) in [6.45, 7) is 5.17. The summed E-state index contributed by atoms with van der Waals surface area (Å²) in [6, 6.07) is 0.347. The van der Waals surface area contributed by atoms with Crippen LogP contribution in [0.2, 0.25) is 5.02 Å². The molecule has 0 aliphatic rings. The van der Waals surface area contributed by atoms with Gasteiger partial charge in [0.1, 0.15) is 5.02 Å². The monoisotopic (exact) mass is 258 g/mol. The normalized spacial score (nSPS) is 12.8. The van der Waals surface area contributed by atoms with Crippen LogP contribution in [0.3, 0.4) is 0 Å². The highest BCUT2D eigenvalue weighted by Crippen LogP contribution is 2.15. The molecular weight excluding hydrogens is 240 g/mol. The number of anilines is 1. The Labute approximate surface area is 106 Å². The van der Waals surface area contributed by atoms with E-state index in [1.54, 1.807) is 6.20 Å². The van der Waals surface area contributed by atoms with E-state index in [0.29, 0.717) is 24.8 Å². The Morgan fingerprint density at radius 3 is 2.76 bits per heavy atom. The predicted octanol–water partition coefficient (Wildman–Crippen LogP) is 1.28. The largest absolute Gasteiger partial charge is 0.381 e. The van der Waals surface area contributed by atoms with Crippen molar-refractivity contribution in [3.63, 3.8) is 0 Å². The molecule has 0 saturated carbocycles. The first-order chi connectivity index (χ1) is 7.97. The number of aromatic nitrogens is 2. The van der Waals surface area contributed by atoms with E-state index in [4.69, 9.17) is 11.6 Å². The molecule has 0 aliphatic heterocycles. The second kappa shape index (κ2) is 6.02. The fraction of sp³-hybridized carbons (Fsp3) is 0.636. The Morgan fingerprint density at radius 2 is 2.24 bits per heavy atom. The van der Waals surface area contributed by atoms with Crippen molar-refractivity contribution in [2.45, 2.75) is 26.4 Å². The Kier molecular flexibility index (Phi) is 4.96. The maximum absolute atomic E-state index is 11.7. The number of aryl methyl sites for hydroxylation is 1. The van der Waals surface area contributed by atoms with E-state index < -0.39 is 0 Å². The van der Waals surface area contributed by atoms with Crippen LogP contribution in [0.25, 0.3) is 0 Å². The molecule has 0 aromatic carbocycles. The summed E-state index contributed by atoms with van der Waals surface area (Å²) in [5.74, 6) is 0. The van der Waals surface area contributed by atoms with Crippen molar-refractivity contribution in [3.8, 4) is 0 Å². The van der Waals surface area contributed by atoms with Crippen molar-refractivity contribution >= 4 is 17.3 Å². The van der Waals surface area contributed by atoms with Gasteiger partial charge in [-0.25, -0.2) is 4.68 Å². The average Bonchev–Trinajstić information content (AvgIpc) is 2.30. The van der Waals surface area contributed by atoms with Crippen LogP contribution in [0.1, 0.15) is 13.8 Å². The molecule has 1 N–H and O–H groups in total. The highest BCUT2D eigenvalue weighted by Gasteiger charge is 2.10. The van der Waals surface area contributed by atoms with Crippen LogP contribution in [0.4, 0.5) is 5.69 Å². The Hall–Kier alpha value is -1.07. The van der Waals surface area contributed by atoms with Gasteiger partial charge in [-0.15, -0.1) is 0 Å². The summed E-state index contributed by atoms with van der Waals surface area (Å²) >= 11 is 5.99. The molecule has 0 aliphatic carbocycles. The van der Waals surface area contributed by atoms with Crippen LogP contribution >= 0.6 is 11.6 Å². The highest BCUT2D eigenvalue weighted by molar-refractivity contribution is 6.32. The van der Waals surface area contributed by atoms with E-state index in [-0.39, 0.29) is 10.6 Å². The second-order valence-corrected chi connectivity index (χ2v) is 4.56. The van der Waals surface area contributed by atoms with Gasteiger partial charge in [0.2, 0.25) is 0 Å². The molecule has 0 saturated heterocycles. The van der Waals surface area contributed by atoms with E-state index in [1.807, 2.05) is 21.0 Å². The predicted molar refractivity (Wildman–Crippen MR) is 70.8 cm³/mol. The lowest BCUT2D eigenvalue weighted by Crippen LogP contribution is -2.32. The number of hydrogen-bond acceptors (Lipinski definition) is 4. The smallest absolute Gasteiger partial charge is 0.287 e. The number of nitrogens with zero attached hydrogens (tertiary/aromatic N) is 3. The molecule has 0 amide bonds. The maximum atomic E-state index is 11.7. The van der Waals surface area contributed by atoms with E-state index in [0.717, 1.165) is 0 Å². The minimum atomic E-state index is -0.253. The molecular formula is C11H19ClN4O. The summed E-state index contributed by atoms with van der Waals surface area (Å²) in [4.78, 5) is 13.8. The molecule has 1 rings (SSSR count). The summed E-state index contributed by atoms with van der Waals surface area (Å²) < 4.78 is 1.34. The van der Waals surface area contributed by atoms with Crippen molar-refractivity contribution in [3.05, 3.63) is 21.6 Å². The molecule has 1 aromatic rings. The molecule has 1 unspecified atom stereocenters. The SMILES string of the molecule is CCn1ncc(NCC(C)N(C)C)c(Cl)c1=O. The molecule has 0 spiro atoms. The summed E-state index contributed by atoms with van der Waals surface area (Å²) in [7, 11) is 4.00. The molecule has 0 radical (unpaired) electrons. The van der Waals surface area contributed by atoms with Gasteiger partial charge in [0.15, 0.2) is 0 Å². The third-order valence-electron chi connectivity index (χ3n) is 2.75. The average molecular weight is 259 g/mol. The lowest BCUT2D eigenvalue weighted by atomic mass is 10.3. The van der Waals surface area contributed by atoms with Crippen molar-refractivity contribution in [2.24, 2.45) is 0 Å². The minimum Gasteiger partial charge on any atom is -0.381 e. The molecule has 96 valence electrons. The van der Waals surface area contributed by atoms with Crippen LogP contribution in [0.15, 0.2) is 11.0 Å². The van der Waals surface area contributed by atoms with Crippen molar-refractivity contribution in [1.29, 1.82) is 0 Å². The quantitative estimate of drug-likeness (QED) is 0.865. The van der Waals surface area contributed by atoms with Gasteiger partial charge in [-0.05, 0) is 27.9 Å².